The molecular formula is C21H18F3N5O2. The monoisotopic (exact) mass is 429 g/mol. The van der Waals surface area contributed by atoms with Crippen LogP contribution in [0.15, 0.2) is 61.2 Å². The van der Waals surface area contributed by atoms with Crippen molar-refractivity contribution in [3.8, 4) is 22.6 Å². The first-order chi connectivity index (χ1) is 14.9. The third-order valence-electron chi connectivity index (χ3n) is 4.56. The molecule has 0 unspecified atom stereocenters. The van der Waals surface area contributed by atoms with E-state index in [4.69, 9.17) is 4.74 Å². The maximum absolute atomic E-state index is 12.6. The average Bonchev–Trinajstić information content (AvgIpc) is 3.17. The van der Waals surface area contributed by atoms with Crippen LogP contribution in [0.1, 0.15) is 5.56 Å². The molecular weight excluding hydrogens is 411 g/mol. The summed E-state index contributed by atoms with van der Waals surface area (Å²) in [6, 6.07) is 9.56. The molecule has 160 valence electrons. The van der Waals surface area contributed by atoms with Crippen LogP contribution < -0.4 is 14.8 Å². The smallest absolute Gasteiger partial charge is 0.496 e. The molecule has 0 aliphatic rings. The summed E-state index contributed by atoms with van der Waals surface area (Å²) in [6.07, 6.45) is 2.32. The highest BCUT2D eigenvalue weighted by Gasteiger charge is 2.31. The van der Waals surface area contributed by atoms with Crippen LogP contribution >= 0.6 is 0 Å². The van der Waals surface area contributed by atoms with Crippen molar-refractivity contribution < 1.29 is 22.6 Å². The van der Waals surface area contributed by atoms with E-state index >= 15 is 0 Å². The minimum Gasteiger partial charge on any atom is -0.496 e. The molecule has 4 aromatic rings. The number of methoxy groups -OCH3 is 1. The van der Waals surface area contributed by atoms with Crippen molar-refractivity contribution in [3.63, 3.8) is 0 Å². The molecule has 0 saturated heterocycles. The molecule has 0 spiro atoms. The summed E-state index contributed by atoms with van der Waals surface area (Å²) in [5.74, 6) is 1.000. The fourth-order valence-electron chi connectivity index (χ4n) is 3.18. The van der Waals surface area contributed by atoms with Gasteiger partial charge in [-0.1, -0.05) is 18.2 Å². The Balaban J connectivity index is 1.52. The number of hydrogen-bond acceptors (Lipinski definition) is 6. The number of anilines is 1. The lowest BCUT2D eigenvalue weighted by molar-refractivity contribution is -0.274. The van der Waals surface area contributed by atoms with E-state index in [1.807, 2.05) is 0 Å². The third kappa shape index (κ3) is 4.68. The Kier molecular flexibility index (Phi) is 5.61. The zero-order valence-corrected chi connectivity index (χ0v) is 16.4. The number of fused-ring (bicyclic) bond motifs is 1. The zero-order chi connectivity index (χ0) is 21.8. The fraction of sp³-hybridized carbons (Fsp3) is 0.190. The number of rotatable bonds is 7. The molecule has 3 heterocycles. The van der Waals surface area contributed by atoms with Crippen LogP contribution in [0.4, 0.5) is 19.0 Å². The van der Waals surface area contributed by atoms with Gasteiger partial charge in [-0.3, -0.25) is 4.98 Å². The van der Waals surface area contributed by atoms with E-state index in [-0.39, 0.29) is 5.75 Å². The van der Waals surface area contributed by atoms with E-state index in [1.165, 1.54) is 12.1 Å². The van der Waals surface area contributed by atoms with Gasteiger partial charge in [0.2, 0.25) is 0 Å². The van der Waals surface area contributed by atoms with Gasteiger partial charge in [0.05, 0.1) is 18.9 Å². The molecule has 1 N–H and O–H groups in total. The number of ether oxygens (including phenoxy) is 2. The van der Waals surface area contributed by atoms with Crippen molar-refractivity contribution in [2.24, 2.45) is 0 Å². The van der Waals surface area contributed by atoms with Gasteiger partial charge in [0.15, 0.2) is 5.65 Å². The van der Waals surface area contributed by atoms with Crippen LogP contribution in [-0.2, 0) is 6.42 Å². The normalized spacial score (nSPS) is 11.5. The summed E-state index contributed by atoms with van der Waals surface area (Å²) in [7, 11) is 1.57. The molecule has 4 rings (SSSR count). The molecule has 0 aliphatic heterocycles. The quantitative estimate of drug-likeness (QED) is 0.471. The van der Waals surface area contributed by atoms with E-state index in [0.29, 0.717) is 35.7 Å². The van der Waals surface area contributed by atoms with Crippen LogP contribution in [0, 0.1) is 0 Å². The summed E-state index contributed by atoms with van der Waals surface area (Å²) >= 11 is 0. The summed E-state index contributed by atoms with van der Waals surface area (Å²) in [4.78, 5) is 8.74. The number of nitrogens with one attached hydrogen (secondary N) is 1. The molecule has 1 aromatic carbocycles. The van der Waals surface area contributed by atoms with Crippen LogP contribution in [0.3, 0.4) is 0 Å². The average molecular weight is 429 g/mol. The van der Waals surface area contributed by atoms with Crippen LogP contribution in [-0.4, -0.2) is 39.6 Å². The maximum Gasteiger partial charge on any atom is 0.573 e. The number of alkyl halides is 3. The Morgan fingerprint density at radius 3 is 2.68 bits per heavy atom. The van der Waals surface area contributed by atoms with Crippen molar-refractivity contribution >= 4 is 11.5 Å². The predicted octanol–water partition coefficient (Wildman–Crippen LogP) is 4.35. The van der Waals surface area contributed by atoms with Crippen molar-refractivity contribution in [3.05, 3.63) is 66.7 Å². The summed E-state index contributed by atoms with van der Waals surface area (Å²) in [5.41, 5.74) is 2.54. The van der Waals surface area contributed by atoms with E-state index in [2.05, 4.69) is 25.1 Å². The van der Waals surface area contributed by atoms with Gasteiger partial charge in [0.25, 0.3) is 0 Å². The Labute approximate surface area is 175 Å². The lowest BCUT2D eigenvalue weighted by atomic mass is 10.1. The van der Waals surface area contributed by atoms with Crippen LogP contribution in [0.5, 0.6) is 11.5 Å². The highest BCUT2D eigenvalue weighted by atomic mass is 19.4. The number of aromatic nitrogens is 4. The van der Waals surface area contributed by atoms with E-state index in [9.17, 15) is 13.2 Å². The van der Waals surface area contributed by atoms with Gasteiger partial charge in [0, 0.05) is 30.7 Å². The Morgan fingerprint density at radius 2 is 1.87 bits per heavy atom. The van der Waals surface area contributed by atoms with Gasteiger partial charge < -0.3 is 14.8 Å². The second-order valence-electron chi connectivity index (χ2n) is 6.55. The molecule has 0 atom stereocenters. The number of para-hydroxylation sites is 1. The topological polar surface area (TPSA) is 73.6 Å². The molecule has 0 amide bonds. The lowest BCUT2D eigenvalue weighted by Crippen LogP contribution is -2.18. The first kappa shape index (κ1) is 20.5. The number of nitrogens with zero attached hydrogens (tertiary/aromatic N) is 4. The second-order valence-corrected chi connectivity index (χ2v) is 6.55. The first-order valence-corrected chi connectivity index (χ1v) is 9.35. The largest absolute Gasteiger partial charge is 0.573 e. The predicted molar refractivity (Wildman–Crippen MR) is 108 cm³/mol. The molecule has 7 nitrogen and oxygen atoms in total. The van der Waals surface area contributed by atoms with Crippen LogP contribution in [0.2, 0.25) is 0 Å². The summed E-state index contributed by atoms with van der Waals surface area (Å²) in [5, 5.41) is 7.44. The molecule has 10 heteroatoms. The van der Waals surface area contributed by atoms with Gasteiger partial charge in [-0.2, -0.15) is 5.10 Å². The molecule has 3 aromatic heterocycles. The van der Waals surface area contributed by atoms with E-state index < -0.39 is 6.36 Å². The third-order valence-corrected chi connectivity index (χ3v) is 4.56. The Hall–Kier alpha value is -3.82. The van der Waals surface area contributed by atoms with Crippen molar-refractivity contribution in [1.29, 1.82) is 0 Å². The molecule has 0 saturated carbocycles. The number of hydrogen-bond donors (Lipinski definition) is 1. The van der Waals surface area contributed by atoms with Gasteiger partial charge in [-0.05, 0) is 30.2 Å². The molecule has 0 bridgehead atoms. The SMILES string of the molecule is COc1ccncc1-c1cnn2ccc(NCCc3ccccc3OC(F)(F)F)nc12. The summed E-state index contributed by atoms with van der Waals surface area (Å²) in [6.45, 7) is 0.362. The number of pyridine rings is 1. The fourth-order valence-corrected chi connectivity index (χ4v) is 3.18. The number of halogens is 3. The Morgan fingerprint density at radius 1 is 1.03 bits per heavy atom. The van der Waals surface area contributed by atoms with Gasteiger partial charge >= 0.3 is 6.36 Å². The second kappa shape index (κ2) is 8.50. The molecule has 31 heavy (non-hydrogen) atoms. The Bertz CT molecular complexity index is 1190. The highest BCUT2D eigenvalue weighted by Crippen LogP contribution is 2.31. The standard InChI is InChI=1S/C21H18F3N5O2/c1-30-18-7-9-25-12-15(18)16-13-27-29-11-8-19(28-20(16)29)26-10-6-14-4-2-3-5-17(14)31-21(22,23)24/h2-5,7-9,11-13H,6,10H2,1H3,(H,26,28). The van der Waals surface area contributed by atoms with Crippen molar-refractivity contribution in [2.75, 3.05) is 19.0 Å². The van der Waals surface area contributed by atoms with Gasteiger partial charge in [-0.15, -0.1) is 13.2 Å². The maximum atomic E-state index is 12.6. The van der Waals surface area contributed by atoms with Gasteiger partial charge in [-0.25, -0.2) is 9.50 Å². The van der Waals surface area contributed by atoms with E-state index in [1.54, 1.807) is 60.7 Å². The van der Waals surface area contributed by atoms with Crippen molar-refractivity contribution in [2.45, 2.75) is 12.8 Å². The molecule has 0 radical (unpaired) electrons. The molecule has 0 fully saturated rings. The minimum absolute atomic E-state index is 0.207. The lowest BCUT2D eigenvalue weighted by Gasteiger charge is -2.13. The van der Waals surface area contributed by atoms with Gasteiger partial charge in [0.1, 0.15) is 17.3 Å². The summed E-state index contributed by atoms with van der Waals surface area (Å²) < 4.78 is 48.9. The van der Waals surface area contributed by atoms with Crippen molar-refractivity contribution in [1.82, 2.24) is 19.6 Å². The minimum atomic E-state index is -4.73. The highest BCUT2D eigenvalue weighted by molar-refractivity contribution is 5.81. The number of benzene rings is 1. The van der Waals surface area contributed by atoms with Crippen LogP contribution in [0.25, 0.3) is 16.8 Å². The first-order valence-electron chi connectivity index (χ1n) is 9.35. The van der Waals surface area contributed by atoms with E-state index in [0.717, 1.165) is 11.1 Å². The molecule has 0 aliphatic carbocycles. The zero-order valence-electron chi connectivity index (χ0n) is 16.4.